The maximum atomic E-state index is 5.28. The fourth-order valence-electron chi connectivity index (χ4n) is 0.870. The van der Waals surface area contributed by atoms with Crippen molar-refractivity contribution >= 4 is 0 Å². The minimum Gasteiger partial charge on any atom is -0.465 e. The number of furan rings is 1. The molecule has 0 unspecified atom stereocenters. The minimum absolute atomic E-state index is 0.626. The number of hydrogen-bond donors (Lipinski definition) is 0. The van der Waals surface area contributed by atoms with Crippen molar-refractivity contribution in [3.05, 3.63) is 18.4 Å². The van der Waals surface area contributed by atoms with Crippen molar-refractivity contribution in [1.82, 2.24) is 0 Å². The fraction of sp³-hybridized carbons (Fsp3) is 0.556. The van der Waals surface area contributed by atoms with Crippen LogP contribution < -0.4 is 4.74 Å². The highest BCUT2D eigenvalue weighted by molar-refractivity contribution is 5.03. The molecule has 0 amide bonds. The first-order valence-electron chi connectivity index (χ1n) is 4.10. The molecular formula is C9H14O2. The lowest BCUT2D eigenvalue weighted by atomic mass is 10.3. The van der Waals surface area contributed by atoms with Crippen molar-refractivity contribution < 1.29 is 9.15 Å². The fourth-order valence-corrected chi connectivity index (χ4v) is 0.870. The number of unbranched alkanes of at least 4 members (excludes halogenated alkanes) is 2. The Labute approximate surface area is 67.2 Å². The van der Waals surface area contributed by atoms with E-state index in [1.54, 1.807) is 6.26 Å². The molecule has 11 heavy (non-hydrogen) atoms. The summed E-state index contributed by atoms with van der Waals surface area (Å²) >= 11 is 0. The molecule has 2 nitrogen and oxygen atoms in total. The molecule has 0 bridgehead atoms. The Morgan fingerprint density at radius 2 is 2.36 bits per heavy atom. The van der Waals surface area contributed by atoms with Gasteiger partial charge in [-0.25, -0.2) is 0 Å². The molecule has 1 rings (SSSR count). The average Bonchev–Trinajstić information content (AvgIpc) is 2.50. The lowest BCUT2D eigenvalue weighted by Crippen LogP contribution is -1.95. The van der Waals surface area contributed by atoms with Crippen LogP contribution in [0.5, 0.6) is 5.95 Å². The van der Waals surface area contributed by atoms with Crippen LogP contribution >= 0.6 is 0 Å². The van der Waals surface area contributed by atoms with Gasteiger partial charge < -0.3 is 9.15 Å². The first kappa shape index (κ1) is 8.18. The molecule has 0 saturated carbocycles. The van der Waals surface area contributed by atoms with Gasteiger partial charge in [0, 0.05) is 6.07 Å². The van der Waals surface area contributed by atoms with Crippen LogP contribution in [0.3, 0.4) is 0 Å². The molecule has 0 aliphatic rings. The first-order valence-corrected chi connectivity index (χ1v) is 4.10. The third kappa shape index (κ3) is 3.12. The summed E-state index contributed by atoms with van der Waals surface area (Å²) < 4.78 is 10.3. The summed E-state index contributed by atoms with van der Waals surface area (Å²) in [5, 5.41) is 0. The van der Waals surface area contributed by atoms with Gasteiger partial charge in [0.25, 0.3) is 5.95 Å². The second-order valence-electron chi connectivity index (χ2n) is 2.49. The zero-order chi connectivity index (χ0) is 7.94. The summed E-state index contributed by atoms with van der Waals surface area (Å²) in [5.41, 5.74) is 0. The van der Waals surface area contributed by atoms with E-state index in [9.17, 15) is 0 Å². The molecule has 1 aromatic rings. The van der Waals surface area contributed by atoms with E-state index in [4.69, 9.17) is 9.15 Å². The van der Waals surface area contributed by atoms with Gasteiger partial charge in [-0.1, -0.05) is 19.8 Å². The predicted molar refractivity (Wildman–Crippen MR) is 43.7 cm³/mol. The Hall–Kier alpha value is -0.920. The summed E-state index contributed by atoms with van der Waals surface area (Å²) in [7, 11) is 0. The Kier molecular flexibility index (Phi) is 3.59. The van der Waals surface area contributed by atoms with E-state index in [1.165, 1.54) is 12.8 Å². The molecule has 0 N–H and O–H groups in total. The van der Waals surface area contributed by atoms with Crippen LogP contribution in [0.1, 0.15) is 26.2 Å². The smallest absolute Gasteiger partial charge is 0.284 e. The molecule has 0 aliphatic carbocycles. The predicted octanol–water partition coefficient (Wildman–Crippen LogP) is 2.85. The molecule has 0 saturated heterocycles. The summed E-state index contributed by atoms with van der Waals surface area (Å²) in [6, 6.07) is 3.65. The van der Waals surface area contributed by atoms with E-state index in [0.717, 1.165) is 13.0 Å². The summed E-state index contributed by atoms with van der Waals surface area (Å²) in [6.07, 6.45) is 5.18. The molecule has 0 atom stereocenters. The van der Waals surface area contributed by atoms with Gasteiger partial charge in [0.15, 0.2) is 0 Å². The molecule has 0 spiro atoms. The van der Waals surface area contributed by atoms with E-state index < -0.39 is 0 Å². The highest BCUT2D eigenvalue weighted by atomic mass is 16.6. The second-order valence-corrected chi connectivity index (χ2v) is 2.49. The summed E-state index contributed by atoms with van der Waals surface area (Å²) in [5.74, 6) is 0.626. The quantitative estimate of drug-likeness (QED) is 0.608. The van der Waals surface area contributed by atoms with Crippen molar-refractivity contribution in [2.45, 2.75) is 26.2 Å². The second kappa shape index (κ2) is 4.83. The zero-order valence-electron chi connectivity index (χ0n) is 6.88. The van der Waals surface area contributed by atoms with Gasteiger partial charge in [0.2, 0.25) is 0 Å². The van der Waals surface area contributed by atoms with Gasteiger partial charge in [-0.05, 0) is 12.5 Å². The zero-order valence-corrected chi connectivity index (χ0v) is 6.88. The van der Waals surface area contributed by atoms with Crippen LogP contribution in [-0.4, -0.2) is 6.61 Å². The van der Waals surface area contributed by atoms with E-state index in [2.05, 4.69) is 6.92 Å². The third-order valence-electron chi connectivity index (χ3n) is 1.49. The van der Waals surface area contributed by atoms with Crippen molar-refractivity contribution in [2.24, 2.45) is 0 Å². The SMILES string of the molecule is CCCCCOc1ccco1. The Balaban J connectivity index is 2.04. The van der Waals surface area contributed by atoms with E-state index in [-0.39, 0.29) is 0 Å². The van der Waals surface area contributed by atoms with Crippen molar-refractivity contribution in [3.8, 4) is 5.95 Å². The molecule has 1 heterocycles. The topological polar surface area (TPSA) is 22.4 Å². The van der Waals surface area contributed by atoms with E-state index in [0.29, 0.717) is 5.95 Å². The van der Waals surface area contributed by atoms with Crippen molar-refractivity contribution in [1.29, 1.82) is 0 Å². The molecule has 62 valence electrons. The van der Waals surface area contributed by atoms with Crippen LogP contribution in [0.15, 0.2) is 22.8 Å². The normalized spacial score (nSPS) is 9.91. The molecule has 0 aliphatic heterocycles. The maximum Gasteiger partial charge on any atom is 0.284 e. The Morgan fingerprint density at radius 1 is 1.45 bits per heavy atom. The lowest BCUT2D eigenvalue weighted by molar-refractivity contribution is 0.237. The molecule has 1 aromatic heterocycles. The number of hydrogen-bond acceptors (Lipinski definition) is 2. The molecular weight excluding hydrogens is 140 g/mol. The summed E-state index contributed by atoms with van der Waals surface area (Å²) in [4.78, 5) is 0. The summed E-state index contributed by atoms with van der Waals surface area (Å²) in [6.45, 7) is 2.94. The van der Waals surface area contributed by atoms with Gasteiger partial charge in [-0.15, -0.1) is 0 Å². The molecule has 0 radical (unpaired) electrons. The lowest BCUT2D eigenvalue weighted by Gasteiger charge is -1.99. The Bertz CT molecular complexity index is 168. The van der Waals surface area contributed by atoms with E-state index >= 15 is 0 Å². The molecule has 0 aromatic carbocycles. The van der Waals surface area contributed by atoms with Gasteiger partial charge in [0.05, 0.1) is 12.9 Å². The van der Waals surface area contributed by atoms with Crippen LogP contribution in [0.4, 0.5) is 0 Å². The van der Waals surface area contributed by atoms with Gasteiger partial charge >= 0.3 is 0 Å². The molecule has 0 fully saturated rings. The van der Waals surface area contributed by atoms with Gasteiger partial charge in [0.1, 0.15) is 0 Å². The monoisotopic (exact) mass is 154 g/mol. The van der Waals surface area contributed by atoms with E-state index in [1.807, 2.05) is 12.1 Å². The number of ether oxygens (including phenoxy) is 1. The Morgan fingerprint density at radius 3 is 3.00 bits per heavy atom. The van der Waals surface area contributed by atoms with Crippen LogP contribution in [0.2, 0.25) is 0 Å². The standard InChI is InChI=1S/C9H14O2/c1-2-3-4-7-10-9-6-5-8-11-9/h5-6,8H,2-4,7H2,1H3. The van der Waals surface area contributed by atoms with Crippen molar-refractivity contribution in [3.63, 3.8) is 0 Å². The number of rotatable bonds is 5. The van der Waals surface area contributed by atoms with Crippen LogP contribution in [0, 0.1) is 0 Å². The first-order chi connectivity index (χ1) is 5.43. The van der Waals surface area contributed by atoms with Crippen LogP contribution in [-0.2, 0) is 0 Å². The third-order valence-corrected chi connectivity index (χ3v) is 1.49. The molecule has 2 heteroatoms. The van der Waals surface area contributed by atoms with Crippen molar-refractivity contribution in [2.75, 3.05) is 6.61 Å². The van der Waals surface area contributed by atoms with Gasteiger partial charge in [-0.2, -0.15) is 0 Å². The minimum atomic E-state index is 0.626. The largest absolute Gasteiger partial charge is 0.465 e. The van der Waals surface area contributed by atoms with Crippen LogP contribution in [0.25, 0.3) is 0 Å². The maximum absolute atomic E-state index is 5.28. The highest BCUT2D eigenvalue weighted by Crippen LogP contribution is 2.10. The van der Waals surface area contributed by atoms with Gasteiger partial charge in [-0.3, -0.25) is 0 Å². The highest BCUT2D eigenvalue weighted by Gasteiger charge is 1.93. The average molecular weight is 154 g/mol.